The number of aryl methyl sites for hydroxylation is 2. The van der Waals surface area contributed by atoms with Gasteiger partial charge < -0.3 is 20.1 Å². The number of unbranched alkanes of at least 4 members (excludes halogenated alkanes) is 1. The highest BCUT2D eigenvalue weighted by Crippen LogP contribution is 2.12. The first-order valence-electron chi connectivity index (χ1n) is 10.3. The topological polar surface area (TPSA) is 57.5 Å². The number of nitrogens with zero attached hydrogens (tertiary/aromatic N) is 4. The zero-order valence-electron chi connectivity index (χ0n) is 17.2. The molecule has 0 aromatic carbocycles. The van der Waals surface area contributed by atoms with Crippen LogP contribution in [0.3, 0.4) is 0 Å². The molecule has 1 aromatic rings. The number of hydrogen-bond donors (Lipinski definition) is 2. The van der Waals surface area contributed by atoms with Gasteiger partial charge in [-0.25, -0.2) is 4.98 Å². The van der Waals surface area contributed by atoms with Gasteiger partial charge in [-0.15, -0.1) is 0 Å². The van der Waals surface area contributed by atoms with Gasteiger partial charge in [0.1, 0.15) is 5.82 Å². The van der Waals surface area contributed by atoms with Gasteiger partial charge >= 0.3 is 0 Å². The standard InChI is InChI=1S/C20H38N6/c1-5-21-20(23-10-6-7-12-26-15-11-22-18(26)4)24-19-8-13-25(14-9-19)16-17(2)3/h11,15,17,19H,5-10,12-14,16H2,1-4H3,(H2,21,23,24). The lowest BCUT2D eigenvalue weighted by Gasteiger charge is -2.34. The lowest BCUT2D eigenvalue weighted by atomic mass is 10.0. The highest BCUT2D eigenvalue weighted by atomic mass is 15.2. The van der Waals surface area contributed by atoms with Crippen LogP contribution < -0.4 is 10.6 Å². The minimum Gasteiger partial charge on any atom is -0.357 e. The summed E-state index contributed by atoms with van der Waals surface area (Å²) in [7, 11) is 0. The maximum atomic E-state index is 4.77. The summed E-state index contributed by atoms with van der Waals surface area (Å²) in [6, 6.07) is 0.546. The predicted octanol–water partition coefficient (Wildman–Crippen LogP) is 2.65. The van der Waals surface area contributed by atoms with Crippen molar-refractivity contribution in [3.05, 3.63) is 18.2 Å². The van der Waals surface area contributed by atoms with Gasteiger partial charge in [-0.2, -0.15) is 0 Å². The number of guanidine groups is 1. The molecule has 2 rings (SSSR count). The van der Waals surface area contributed by atoms with Crippen molar-refractivity contribution < 1.29 is 0 Å². The molecule has 0 atom stereocenters. The van der Waals surface area contributed by atoms with Crippen molar-refractivity contribution in [1.82, 2.24) is 25.1 Å². The summed E-state index contributed by atoms with van der Waals surface area (Å²) in [6.07, 6.45) is 8.56. The highest BCUT2D eigenvalue weighted by Gasteiger charge is 2.20. The van der Waals surface area contributed by atoms with E-state index < -0.39 is 0 Å². The maximum absolute atomic E-state index is 4.77. The number of piperidine rings is 1. The minimum atomic E-state index is 0.546. The molecule has 0 spiro atoms. The van der Waals surface area contributed by atoms with Crippen LogP contribution in [-0.2, 0) is 6.54 Å². The van der Waals surface area contributed by atoms with Crippen LogP contribution in [0, 0.1) is 12.8 Å². The van der Waals surface area contributed by atoms with Crippen LogP contribution in [-0.4, -0.2) is 59.2 Å². The minimum absolute atomic E-state index is 0.546. The molecule has 1 aliphatic heterocycles. The van der Waals surface area contributed by atoms with Crippen molar-refractivity contribution in [3.63, 3.8) is 0 Å². The molecule has 1 aliphatic rings. The van der Waals surface area contributed by atoms with Crippen LogP contribution in [0.4, 0.5) is 0 Å². The van der Waals surface area contributed by atoms with Crippen molar-refractivity contribution in [2.75, 3.05) is 32.7 Å². The second kappa shape index (κ2) is 11.2. The number of imidazole rings is 1. The van der Waals surface area contributed by atoms with Gasteiger partial charge in [-0.1, -0.05) is 13.8 Å². The Morgan fingerprint density at radius 2 is 2.08 bits per heavy atom. The molecule has 1 aromatic heterocycles. The second-order valence-corrected chi connectivity index (χ2v) is 7.75. The molecule has 0 aliphatic carbocycles. The summed E-state index contributed by atoms with van der Waals surface area (Å²) in [4.78, 5) is 11.6. The van der Waals surface area contributed by atoms with E-state index in [1.165, 1.54) is 32.5 Å². The molecule has 26 heavy (non-hydrogen) atoms. The Kier molecular flexibility index (Phi) is 8.95. The molecule has 6 nitrogen and oxygen atoms in total. The zero-order chi connectivity index (χ0) is 18.8. The van der Waals surface area contributed by atoms with Crippen LogP contribution in [0.2, 0.25) is 0 Å². The number of aromatic nitrogens is 2. The van der Waals surface area contributed by atoms with E-state index in [4.69, 9.17) is 4.99 Å². The first-order chi connectivity index (χ1) is 12.6. The fourth-order valence-corrected chi connectivity index (χ4v) is 3.51. The Morgan fingerprint density at radius 3 is 2.69 bits per heavy atom. The second-order valence-electron chi connectivity index (χ2n) is 7.75. The van der Waals surface area contributed by atoms with Crippen LogP contribution in [0.15, 0.2) is 17.4 Å². The summed E-state index contributed by atoms with van der Waals surface area (Å²) >= 11 is 0. The molecule has 2 heterocycles. The maximum Gasteiger partial charge on any atom is 0.191 e. The van der Waals surface area contributed by atoms with Crippen LogP contribution in [0.25, 0.3) is 0 Å². The SMILES string of the molecule is CCNC(=NCCCCn1ccnc1C)NC1CCN(CC(C)C)CC1. The molecule has 0 bridgehead atoms. The predicted molar refractivity (Wildman–Crippen MR) is 110 cm³/mol. The Balaban J connectivity index is 1.68. The summed E-state index contributed by atoms with van der Waals surface area (Å²) in [5.74, 6) is 2.82. The van der Waals surface area contributed by atoms with Crippen molar-refractivity contribution >= 4 is 5.96 Å². The molecule has 2 N–H and O–H groups in total. The fraction of sp³-hybridized carbons (Fsp3) is 0.800. The van der Waals surface area contributed by atoms with Gasteiger partial charge in [0.25, 0.3) is 0 Å². The Labute approximate surface area is 159 Å². The van der Waals surface area contributed by atoms with E-state index in [1.807, 2.05) is 6.20 Å². The van der Waals surface area contributed by atoms with Gasteiger partial charge in [0.2, 0.25) is 0 Å². The molecule has 148 valence electrons. The van der Waals surface area contributed by atoms with E-state index in [9.17, 15) is 0 Å². The van der Waals surface area contributed by atoms with Crippen LogP contribution >= 0.6 is 0 Å². The van der Waals surface area contributed by atoms with Gasteiger partial charge in [0.05, 0.1) is 0 Å². The lowest BCUT2D eigenvalue weighted by molar-refractivity contribution is 0.187. The average molecular weight is 363 g/mol. The first kappa shape index (κ1) is 20.7. The molecule has 0 saturated carbocycles. The largest absolute Gasteiger partial charge is 0.357 e. The molecule has 1 saturated heterocycles. The Hall–Kier alpha value is -1.56. The van der Waals surface area contributed by atoms with Crippen LogP contribution in [0.5, 0.6) is 0 Å². The Bertz CT molecular complexity index is 528. The van der Waals surface area contributed by atoms with Crippen LogP contribution in [0.1, 0.15) is 52.3 Å². The summed E-state index contributed by atoms with van der Waals surface area (Å²) in [6.45, 7) is 15.2. The molecular formula is C20H38N6. The van der Waals surface area contributed by atoms with E-state index in [2.05, 4.69) is 59.0 Å². The Morgan fingerprint density at radius 1 is 1.31 bits per heavy atom. The highest BCUT2D eigenvalue weighted by molar-refractivity contribution is 5.80. The summed E-state index contributed by atoms with van der Waals surface area (Å²) in [5.41, 5.74) is 0. The lowest BCUT2D eigenvalue weighted by Crippen LogP contribution is -2.49. The average Bonchev–Trinajstić information content (AvgIpc) is 3.01. The third kappa shape index (κ3) is 7.36. The molecule has 6 heteroatoms. The van der Waals surface area contributed by atoms with E-state index in [0.29, 0.717) is 6.04 Å². The van der Waals surface area contributed by atoms with Gasteiger partial charge in [0.15, 0.2) is 5.96 Å². The monoisotopic (exact) mass is 362 g/mol. The fourth-order valence-electron chi connectivity index (χ4n) is 3.51. The quantitative estimate of drug-likeness (QED) is 0.403. The number of likely N-dealkylation sites (tertiary alicyclic amines) is 1. The van der Waals surface area contributed by atoms with Gasteiger partial charge in [-0.3, -0.25) is 4.99 Å². The summed E-state index contributed by atoms with van der Waals surface area (Å²) < 4.78 is 2.21. The van der Waals surface area contributed by atoms with Gasteiger partial charge in [-0.05, 0) is 45.4 Å². The molecule has 0 amide bonds. The van der Waals surface area contributed by atoms with Crippen molar-refractivity contribution in [3.8, 4) is 0 Å². The van der Waals surface area contributed by atoms with E-state index in [1.54, 1.807) is 0 Å². The molecular weight excluding hydrogens is 324 g/mol. The van der Waals surface area contributed by atoms with Crippen molar-refractivity contribution in [1.29, 1.82) is 0 Å². The smallest absolute Gasteiger partial charge is 0.191 e. The first-order valence-corrected chi connectivity index (χ1v) is 10.3. The normalized spacial score (nSPS) is 17.0. The number of hydrogen-bond acceptors (Lipinski definition) is 3. The third-order valence-corrected chi connectivity index (χ3v) is 4.90. The molecule has 1 fully saturated rings. The van der Waals surface area contributed by atoms with E-state index in [-0.39, 0.29) is 0 Å². The molecule has 0 unspecified atom stereocenters. The van der Waals surface area contributed by atoms with E-state index in [0.717, 1.165) is 50.2 Å². The number of aliphatic imine (C=N–C) groups is 1. The van der Waals surface area contributed by atoms with E-state index >= 15 is 0 Å². The number of rotatable bonds is 9. The molecule has 0 radical (unpaired) electrons. The number of nitrogens with one attached hydrogen (secondary N) is 2. The van der Waals surface area contributed by atoms with Gasteiger partial charge in [0, 0.05) is 57.7 Å². The summed E-state index contributed by atoms with van der Waals surface area (Å²) in [5, 5.41) is 7.04. The third-order valence-electron chi connectivity index (χ3n) is 4.90. The van der Waals surface area contributed by atoms with Crippen molar-refractivity contribution in [2.45, 2.75) is 66.0 Å². The zero-order valence-corrected chi connectivity index (χ0v) is 17.2. The van der Waals surface area contributed by atoms with Crippen molar-refractivity contribution in [2.24, 2.45) is 10.9 Å².